The molecule has 0 unspecified atom stereocenters. The van der Waals surface area contributed by atoms with Crippen LogP contribution in [0.2, 0.25) is 0 Å². The summed E-state index contributed by atoms with van der Waals surface area (Å²) in [5.41, 5.74) is 1.49. The molecule has 0 saturated carbocycles. The Morgan fingerprint density at radius 3 is 2.36 bits per heavy atom. The van der Waals surface area contributed by atoms with E-state index in [1.807, 2.05) is 0 Å². The van der Waals surface area contributed by atoms with Gasteiger partial charge in [-0.25, -0.2) is 0 Å². The van der Waals surface area contributed by atoms with Crippen molar-refractivity contribution in [1.82, 2.24) is 0 Å². The molecule has 0 aliphatic heterocycles. The Morgan fingerprint density at radius 1 is 1.07 bits per heavy atom. The minimum Gasteiger partial charge on any atom is -0.289 e. The van der Waals surface area contributed by atoms with Gasteiger partial charge < -0.3 is 0 Å². The molecule has 2 heteroatoms. The molecule has 14 heavy (non-hydrogen) atoms. The van der Waals surface area contributed by atoms with Gasteiger partial charge in [0.1, 0.15) is 0 Å². The van der Waals surface area contributed by atoms with Crippen molar-refractivity contribution in [2.45, 2.75) is 6.42 Å². The zero-order valence-corrected chi connectivity index (χ0v) is 7.62. The van der Waals surface area contributed by atoms with E-state index in [0.717, 1.165) is 0 Å². The van der Waals surface area contributed by atoms with Gasteiger partial charge in [0.05, 0.1) is 0 Å². The Kier molecular flexibility index (Phi) is 2.04. The van der Waals surface area contributed by atoms with Crippen molar-refractivity contribution in [2.24, 2.45) is 0 Å². The Bertz CT molecular complexity index is 441. The minimum atomic E-state index is -0.0983. The fourth-order valence-electron chi connectivity index (χ4n) is 1.56. The normalized spacial score (nSPS) is 15.1. The monoisotopic (exact) mass is 185 g/mol. The summed E-state index contributed by atoms with van der Waals surface area (Å²) < 4.78 is 0. The van der Waals surface area contributed by atoms with Gasteiger partial charge in [0, 0.05) is 16.7 Å². The van der Waals surface area contributed by atoms with Gasteiger partial charge in [0.25, 0.3) is 0 Å². The summed E-state index contributed by atoms with van der Waals surface area (Å²) >= 11 is 0. The quantitative estimate of drug-likeness (QED) is 0.672. The number of benzene rings is 1. The highest BCUT2D eigenvalue weighted by atomic mass is 16.1. The van der Waals surface area contributed by atoms with E-state index < -0.39 is 0 Å². The van der Waals surface area contributed by atoms with Crippen LogP contribution in [0, 0.1) is 6.92 Å². The van der Waals surface area contributed by atoms with E-state index in [-0.39, 0.29) is 11.6 Å². The lowest BCUT2D eigenvalue weighted by Crippen LogP contribution is -2.16. The van der Waals surface area contributed by atoms with Crippen molar-refractivity contribution >= 4 is 11.6 Å². The fraction of sp³-hybridized carbons (Fsp3) is 0.0833. The molecule has 69 valence electrons. The van der Waals surface area contributed by atoms with Crippen LogP contribution in [-0.4, -0.2) is 11.6 Å². The third-order valence-electron chi connectivity index (χ3n) is 2.30. The summed E-state index contributed by atoms with van der Waals surface area (Å²) in [4.78, 5) is 23.3. The van der Waals surface area contributed by atoms with Crippen LogP contribution in [0.3, 0.4) is 0 Å². The number of fused-ring (bicyclic) bond motifs is 1. The molecule has 0 amide bonds. The molecule has 2 rings (SSSR count). The van der Waals surface area contributed by atoms with Crippen molar-refractivity contribution in [3.8, 4) is 0 Å². The SMILES string of the molecule is [CH2]CC1=CC(=O)c2ccccc2C1=O. The van der Waals surface area contributed by atoms with Gasteiger partial charge >= 0.3 is 0 Å². The number of allylic oxidation sites excluding steroid dienone is 2. The molecule has 0 bridgehead atoms. The van der Waals surface area contributed by atoms with Gasteiger partial charge in [-0.15, -0.1) is 0 Å². The number of ketones is 2. The summed E-state index contributed by atoms with van der Waals surface area (Å²) in [7, 11) is 0. The number of hydrogen-bond donors (Lipinski definition) is 0. The fourth-order valence-corrected chi connectivity index (χ4v) is 1.56. The molecule has 1 aromatic carbocycles. The summed E-state index contributed by atoms with van der Waals surface area (Å²) in [6, 6.07) is 6.87. The van der Waals surface area contributed by atoms with Gasteiger partial charge in [-0.1, -0.05) is 24.3 Å². The van der Waals surface area contributed by atoms with Crippen molar-refractivity contribution in [3.05, 3.63) is 54.0 Å². The van der Waals surface area contributed by atoms with E-state index >= 15 is 0 Å². The van der Waals surface area contributed by atoms with Crippen molar-refractivity contribution in [1.29, 1.82) is 0 Å². The van der Waals surface area contributed by atoms with Crippen LogP contribution < -0.4 is 0 Å². The molecule has 0 N–H and O–H groups in total. The predicted octanol–water partition coefficient (Wildman–Crippen LogP) is 2.22. The van der Waals surface area contributed by atoms with Crippen LogP contribution in [0.1, 0.15) is 27.1 Å². The topological polar surface area (TPSA) is 34.1 Å². The van der Waals surface area contributed by atoms with E-state index in [2.05, 4.69) is 6.92 Å². The van der Waals surface area contributed by atoms with Gasteiger partial charge in [-0.3, -0.25) is 9.59 Å². The molecule has 0 saturated heterocycles. The molecule has 2 nitrogen and oxygen atoms in total. The highest BCUT2D eigenvalue weighted by Gasteiger charge is 2.23. The van der Waals surface area contributed by atoms with E-state index in [0.29, 0.717) is 23.1 Å². The summed E-state index contributed by atoms with van der Waals surface area (Å²) in [6.07, 6.45) is 1.75. The highest BCUT2D eigenvalue weighted by molar-refractivity contribution is 6.24. The maximum Gasteiger partial charge on any atom is 0.189 e. The molecule has 1 aromatic rings. The third kappa shape index (κ3) is 1.20. The lowest BCUT2D eigenvalue weighted by molar-refractivity contribution is 0.0982. The van der Waals surface area contributed by atoms with Crippen LogP contribution in [0.15, 0.2) is 35.9 Å². The molecule has 0 heterocycles. The number of carbonyl (C=O) groups is 2. The standard InChI is InChI=1S/C12H9O2/c1-2-8-7-11(13)9-5-3-4-6-10(9)12(8)14/h3-7H,1-2H2. The van der Waals surface area contributed by atoms with Crippen LogP contribution in [0.25, 0.3) is 0 Å². The van der Waals surface area contributed by atoms with Crippen molar-refractivity contribution in [3.63, 3.8) is 0 Å². The van der Waals surface area contributed by atoms with Gasteiger partial charge in [0.2, 0.25) is 0 Å². The molecule has 0 aromatic heterocycles. The van der Waals surface area contributed by atoms with E-state index in [9.17, 15) is 9.59 Å². The van der Waals surface area contributed by atoms with Crippen molar-refractivity contribution < 1.29 is 9.59 Å². The molecule has 0 atom stereocenters. The Labute approximate surface area is 82.2 Å². The predicted molar refractivity (Wildman–Crippen MR) is 53.2 cm³/mol. The van der Waals surface area contributed by atoms with E-state index in [4.69, 9.17) is 0 Å². The average molecular weight is 185 g/mol. The third-order valence-corrected chi connectivity index (χ3v) is 2.30. The number of rotatable bonds is 1. The molecular weight excluding hydrogens is 176 g/mol. The largest absolute Gasteiger partial charge is 0.289 e. The van der Waals surface area contributed by atoms with Crippen LogP contribution in [0.5, 0.6) is 0 Å². The Morgan fingerprint density at radius 2 is 1.71 bits per heavy atom. The second-order valence-electron chi connectivity index (χ2n) is 3.16. The lowest BCUT2D eigenvalue weighted by atomic mass is 9.88. The Balaban J connectivity index is 2.61. The first-order valence-electron chi connectivity index (χ1n) is 4.42. The summed E-state index contributed by atoms with van der Waals surface area (Å²) in [6.45, 7) is 3.63. The van der Waals surface area contributed by atoms with Crippen LogP contribution >= 0.6 is 0 Å². The lowest BCUT2D eigenvalue weighted by Gasteiger charge is -2.12. The number of carbonyl (C=O) groups excluding carboxylic acids is 2. The number of Topliss-reactive ketones (excluding diaryl/α,β-unsaturated/α-hetero) is 1. The second kappa shape index (κ2) is 3.22. The Hall–Kier alpha value is -1.70. The zero-order valence-electron chi connectivity index (χ0n) is 7.62. The molecule has 0 fully saturated rings. The minimum absolute atomic E-state index is 0.0739. The maximum atomic E-state index is 11.7. The van der Waals surface area contributed by atoms with Crippen LogP contribution in [0.4, 0.5) is 0 Å². The van der Waals surface area contributed by atoms with Gasteiger partial charge in [-0.2, -0.15) is 0 Å². The van der Waals surface area contributed by atoms with Gasteiger partial charge in [-0.05, 0) is 19.4 Å². The first kappa shape index (κ1) is 8.88. The first-order valence-corrected chi connectivity index (χ1v) is 4.42. The molecule has 1 radical (unpaired) electrons. The molecule has 1 aliphatic carbocycles. The molecule has 0 spiro atoms. The first-order chi connectivity index (χ1) is 6.74. The van der Waals surface area contributed by atoms with E-state index in [1.54, 1.807) is 24.3 Å². The number of hydrogen-bond acceptors (Lipinski definition) is 2. The van der Waals surface area contributed by atoms with Crippen molar-refractivity contribution in [2.75, 3.05) is 0 Å². The second-order valence-corrected chi connectivity index (χ2v) is 3.16. The maximum absolute atomic E-state index is 11.7. The zero-order chi connectivity index (χ0) is 10.1. The van der Waals surface area contributed by atoms with Crippen LogP contribution in [-0.2, 0) is 0 Å². The highest BCUT2D eigenvalue weighted by Crippen LogP contribution is 2.22. The van der Waals surface area contributed by atoms with Gasteiger partial charge in [0.15, 0.2) is 11.6 Å². The van der Waals surface area contributed by atoms with E-state index in [1.165, 1.54) is 6.08 Å². The average Bonchev–Trinajstić information content (AvgIpc) is 2.23. The summed E-state index contributed by atoms with van der Waals surface area (Å²) in [5, 5.41) is 0. The smallest absolute Gasteiger partial charge is 0.189 e. The molecular formula is C12H9O2. The molecule has 1 aliphatic rings. The summed E-state index contributed by atoms with van der Waals surface area (Å²) in [5.74, 6) is -0.172.